The van der Waals surface area contributed by atoms with Crippen LogP contribution in [0.25, 0.3) is 0 Å². The normalized spacial score (nSPS) is 27.9. The molecular weight excluding hydrogens is 262 g/mol. The Morgan fingerprint density at radius 1 is 1.24 bits per heavy atom. The molecule has 0 spiro atoms. The van der Waals surface area contributed by atoms with Crippen molar-refractivity contribution >= 4 is 5.91 Å². The third-order valence-corrected chi connectivity index (χ3v) is 5.13. The van der Waals surface area contributed by atoms with Crippen LogP contribution in [0.4, 0.5) is 0 Å². The number of aliphatic hydroxyl groups excluding tert-OH is 1. The van der Waals surface area contributed by atoms with E-state index >= 15 is 0 Å². The molecule has 1 aromatic rings. The summed E-state index contributed by atoms with van der Waals surface area (Å²) in [6.07, 6.45) is 5.24. The zero-order chi connectivity index (χ0) is 14.8. The molecule has 1 aliphatic heterocycles. The minimum Gasteiger partial charge on any atom is -0.393 e. The third-order valence-electron chi connectivity index (χ3n) is 5.13. The largest absolute Gasteiger partial charge is 0.393 e. The first kappa shape index (κ1) is 14.6. The number of aliphatic hydroxyl groups is 1. The summed E-state index contributed by atoms with van der Waals surface area (Å²) in [6, 6.07) is 8.07. The van der Waals surface area contributed by atoms with Crippen LogP contribution in [0.3, 0.4) is 0 Å². The lowest BCUT2D eigenvalue weighted by Gasteiger charge is -2.18. The van der Waals surface area contributed by atoms with E-state index in [1.54, 1.807) is 0 Å². The van der Waals surface area contributed by atoms with E-state index in [0.29, 0.717) is 11.8 Å². The topological polar surface area (TPSA) is 40.5 Å². The molecule has 3 rings (SSSR count). The molecule has 3 nitrogen and oxygen atoms in total. The van der Waals surface area contributed by atoms with Crippen LogP contribution in [0.1, 0.15) is 48.5 Å². The summed E-state index contributed by atoms with van der Waals surface area (Å²) < 4.78 is 0. The Morgan fingerprint density at radius 3 is 2.67 bits per heavy atom. The average molecular weight is 287 g/mol. The molecule has 2 aliphatic rings. The number of hydrogen-bond acceptors (Lipinski definition) is 2. The minimum absolute atomic E-state index is 0.124. The Labute approximate surface area is 127 Å². The molecule has 114 valence electrons. The average Bonchev–Trinajstić information content (AvgIpc) is 3.07. The fourth-order valence-electron chi connectivity index (χ4n) is 3.78. The number of fused-ring (bicyclic) bond motifs is 1. The predicted octanol–water partition coefficient (Wildman–Crippen LogP) is 2.87. The van der Waals surface area contributed by atoms with Crippen LogP contribution in [-0.2, 0) is 6.42 Å². The number of aryl methyl sites for hydroxylation is 1. The van der Waals surface area contributed by atoms with E-state index in [4.69, 9.17) is 0 Å². The summed E-state index contributed by atoms with van der Waals surface area (Å²) in [5.41, 5.74) is 2.09. The molecule has 0 bridgehead atoms. The van der Waals surface area contributed by atoms with Gasteiger partial charge in [0.15, 0.2) is 0 Å². The molecule has 1 aliphatic carbocycles. The summed E-state index contributed by atoms with van der Waals surface area (Å²) in [4.78, 5) is 14.5. The van der Waals surface area contributed by atoms with Gasteiger partial charge < -0.3 is 10.0 Å². The van der Waals surface area contributed by atoms with Gasteiger partial charge in [-0.25, -0.2) is 0 Å². The van der Waals surface area contributed by atoms with Crippen molar-refractivity contribution in [2.45, 2.75) is 45.1 Å². The van der Waals surface area contributed by atoms with Crippen molar-refractivity contribution in [3.63, 3.8) is 0 Å². The van der Waals surface area contributed by atoms with Gasteiger partial charge in [0.2, 0.25) is 0 Å². The second kappa shape index (κ2) is 6.18. The summed E-state index contributed by atoms with van der Waals surface area (Å²) in [5.74, 6) is 0.934. The number of benzene rings is 1. The van der Waals surface area contributed by atoms with Gasteiger partial charge in [0.25, 0.3) is 5.91 Å². The van der Waals surface area contributed by atoms with Crippen molar-refractivity contribution in [3.8, 4) is 0 Å². The molecule has 1 aromatic carbocycles. The van der Waals surface area contributed by atoms with E-state index in [2.05, 4.69) is 19.1 Å². The number of hydrogen-bond donors (Lipinski definition) is 1. The Kier molecular flexibility index (Phi) is 4.29. The number of carbonyl (C=O) groups is 1. The molecule has 0 aromatic heterocycles. The van der Waals surface area contributed by atoms with E-state index in [1.807, 2.05) is 17.0 Å². The quantitative estimate of drug-likeness (QED) is 0.925. The van der Waals surface area contributed by atoms with Crippen LogP contribution >= 0.6 is 0 Å². The molecule has 1 heterocycles. The van der Waals surface area contributed by atoms with Gasteiger partial charge in [-0.3, -0.25) is 4.79 Å². The lowest BCUT2D eigenvalue weighted by atomic mass is 10.00. The number of amides is 1. The van der Waals surface area contributed by atoms with Crippen molar-refractivity contribution in [1.82, 2.24) is 4.90 Å². The molecule has 3 unspecified atom stereocenters. The number of likely N-dealkylation sites (tertiary alicyclic amines) is 1. The van der Waals surface area contributed by atoms with E-state index in [-0.39, 0.29) is 12.0 Å². The second-order valence-electron chi connectivity index (χ2n) is 6.58. The van der Waals surface area contributed by atoms with Crippen molar-refractivity contribution in [1.29, 1.82) is 0 Å². The molecular formula is C18H25NO2. The summed E-state index contributed by atoms with van der Waals surface area (Å²) in [7, 11) is 0. The SMILES string of the molecule is CCCCc1ccc(C(=O)N2CC3CCC(O)C3C2)cc1. The smallest absolute Gasteiger partial charge is 0.253 e. The van der Waals surface area contributed by atoms with E-state index in [9.17, 15) is 9.90 Å². The minimum atomic E-state index is -0.204. The van der Waals surface area contributed by atoms with Gasteiger partial charge in [0.05, 0.1) is 6.10 Å². The highest BCUT2D eigenvalue weighted by Crippen LogP contribution is 2.38. The van der Waals surface area contributed by atoms with Crippen LogP contribution in [-0.4, -0.2) is 35.1 Å². The molecule has 1 N–H and O–H groups in total. The highest BCUT2D eigenvalue weighted by molar-refractivity contribution is 5.94. The van der Waals surface area contributed by atoms with Crippen molar-refractivity contribution in [2.75, 3.05) is 13.1 Å². The molecule has 21 heavy (non-hydrogen) atoms. The van der Waals surface area contributed by atoms with Crippen molar-refractivity contribution in [3.05, 3.63) is 35.4 Å². The van der Waals surface area contributed by atoms with Gasteiger partial charge in [-0.2, -0.15) is 0 Å². The summed E-state index contributed by atoms with van der Waals surface area (Å²) in [5, 5.41) is 9.95. The molecule has 1 saturated carbocycles. The van der Waals surface area contributed by atoms with Crippen molar-refractivity contribution in [2.24, 2.45) is 11.8 Å². The Morgan fingerprint density at radius 2 is 2.00 bits per heavy atom. The fraction of sp³-hybridized carbons (Fsp3) is 0.611. The Hall–Kier alpha value is -1.35. The fourth-order valence-corrected chi connectivity index (χ4v) is 3.78. The first-order valence-corrected chi connectivity index (χ1v) is 8.25. The van der Waals surface area contributed by atoms with E-state index < -0.39 is 0 Å². The van der Waals surface area contributed by atoms with Crippen LogP contribution < -0.4 is 0 Å². The zero-order valence-electron chi connectivity index (χ0n) is 12.8. The van der Waals surface area contributed by atoms with Gasteiger partial charge in [-0.15, -0.1) is 0 Å². The Bertz CT molecular complexity index is 496. The number of rotatable bonds is 4. The maximum absolute atomic E-state index is 12.6. The molecule has 1 saturated heterocycles. The Balaban J connectivity index is 1.63. The third kappa shape index (κ3) is 2.98. The maximum Gasteiger partial charge on any atom is 0.253 e. The first-order valence-electron chi connectivity index (χ1n) is 8.25. The molecule has 3 heteroatoms. The van der Waals surface area contributed by atoms with Gasteiger partial charge in [-0.05, 0) is 49.3 Å². The van der Waals surface area contributed by atoms with Crippen LogP contribution in [0, 0.1) is 11.8 Å². The van der Waals surface area contributed by atoms with Crippen LogP contribution in [0.2, 0.25) is 0 Å². The van der Waals surface area contributed by atoms with Gasteiger partial charge in [-0.1, -0.05) is 25.5 Å². The van der Waals surface area contributed by atoms with Crippen LogP contribution in [0.5, 0.6) is 0 Å². The van der Waals surface area contributed by atoms with Crippen LogP contribution in [0.15, 0.2) is 24.3 Å². The molecule has 0 radical (unpaired) electrons. The first-order chi connectivity index (χ1) is 10.2. The zero-order valence-corrected chi connectivity index (χ0v) is 12.8. The van der Waals surface area contributed by atoms with Crippen molar-refractivity contribution < 1.29 is 9.90 Å². The lowest BCUT2D eigenvalue weighted by molar-refractivity contribution is 0.0752. The second-order valence-corrected chi connectivity index (χ2v) is 6.58. The molecule has 1 amide bonds. The summed E-state index contributed by atoms with van der Waals surface area (Å²) >= 11 is 0. The molecule has 2 fully saturated rings. The van der Waals surface area contributed by atoms with Gasteiger partial charge in [0, 0.05) is 24.6 Å². The van der Waals surface area contributed by atoms with Gasteiger partial charge >= 0.3 is 0 Å². The molecule has 3 atom stereocenters. The maximum atomic E-state index is 12.6. The lowest BCUT2D eigenvalue weighted by Crippen LogP contribution is -2.31. The highest BCUT2D eigenvalue weighted by atomic mass is 16.3. The standard InChI is InChI=1S/C18H25NO2/c1-2-3-4-13-5-7-14(8-6-13)18(21)19-11-15-9-10-17(20)16(15)12-19/h5-8,15-17,20H,2-4,9-12H2,1H3. The number of carbonyl (C=O) groups excluding carboxylic acids is 1. The monoisotopic (exact) mass is 287 g/mol. The number of nitrogens with zero attached hydrogens (tertiary/aromatic N) is 1. The van der Waals surface area contributed by atoms with Gasteiger partial charge in [0.1, 0.15) is 0 Å². The number of unbranched alkanes of at least 4 members (excludes halogenated alkanes) is 1. The van der Waals surface area contributed by atoms with E-state index in [1.165, 1.54) is 18.4 Å². The summed E-state index contributed by atoms with van der Waals surface area (Å²) in [6.45, 7) is 3.73. The predicted molar refractivity (Wildman–Crippen MR) is 83.2 cm³/mol. The highest BCUT2D eigenvalue weighted by Gasteiger charge is 2.43. The van der Waals surface area contributed by atoms with E-state index in [0.717, 1.165) is 37.9 Å².